The van der Waals surface area contributed by atoms with Crippen molar-refractivity contribution in [2.75, 3.05) is 23.7 Å². The monoisotopic (exact) mass is 701 g/mol. The van der Waals surface area contributed by atoms with Gasteiger partial charge in [-0.15, -0.1) is 0 Å². The highest BCUT2D eigenvalue weighted by Crippen LogP contribution is 2.35. The normalized spacial score (nSPS) is 12.2. The molecule has 220 valence electrons. The highest BCUT2D eigenvalue weighted by atomic mass is 79.9. The van der Waals surface area contributed by atoms with E-state index in [1.54, 1.807) is 0 Å². The van der Waals surface area contributed by atoms with Crippen molar-refractivity contribution in [3.8, 4) is 0 Å². The van der Waals surface area contributed by atoms with E-state index in [1.165, 1.54) is 17.0 Å². The zero-order chi connectivity index (χ0) is 30.3. The maximum Gasteiger partial charge on any atom is 0.244 e. The minimum Gasteiger partial charge on any atom is -0.354 e. The number of nitrogens with one attached hydrogen (secondary N) is 1. The molecule has 0 heterocycles. The Morgan fingerprint density at radius 3 is 2.15 bits per heavy atom. The van der Waals surface area contributed by atoms with Gasteiger partial charge in [0, 0.05) is 24.0 Å². The van der Waals surface area contributed by atoms with E-state index in [4.69, 9.17) is 34.8 Å². The molecule has 3 aromatic carbocycles. The molecule has 0 aliphatic heterocycles. The lowest BCUT2D eigenvalue weighted by atomic mass is 10.0. The van der Waals surface area contributed by atoms with Gasteiger partial charge in [-0.25, -0.2) is 8.42 Å². The van der Waals surface area contributed by atoms with Crippen LogP contribution in [0.3, 0.4) is 0 Å². The number of halogens is 4. The third-order valence-corrected chi connectivity index (χ3v) is 8.78. The molecule has 12 heteroatoms. The number of hydrogen-bond acceptors (Lipinski definition) is 4. The van der Waals surface area contributed by atoms with Gasteiger partial charge in [0.15, 0.2) is 0 Å². The molecular formula is C29H31BrCl3N3O4S. The van der Waals surface area contributed by atoms with Crippen LogP contribution in [-0.2, 0) is 32.6 Å². The number of carbonyl (C=O) groups excluding carboxylic acids is 2. The number of hydrogen-bond donors (Lipinski definition) is 1. The van der Waals surface area contributed by atoms with Crippen molar-refractivity contribution < 1.29 is 18.0 Å². The lowest BCUT2D eigenvalue weighted by Crippen LogP contribution is -2.53. The Labute approximate surface area is 264 Å². The Kier molecular flexibility index (Phi) is 11.9. The molecule has 0 fully saturated rings. The van der Waals surface area contributed by atoms with Gasteiger partial charge in [0.2, 0.25) is 21.8 Å². The van der Waals surface area contributed by atoms with Gasteiger partial charge >= 0.3 is 0 Å². The summed E-state index contributed by atoms with van der Waals surface area (Å²) in [7, 11) is -4.01. The first kappa shape index (κ1) is 33.2. The largest absolute Gasteiger partial charge is 0.354 e. The molecule has 0 aliphatic carbocycles. The summed E-state index contributed by atoms with van der Waals surface area (Å²) in [6.07, 6.45) is 1.19. The average molecular weight is 704 g/mol. The molecule has 7 nitrogen and oxygen atoms in total. The van der Waals surface area contributed by atoms with E-state index in [0.717, 1.165) is 26.2 Å². The second-order valence-electron chi connectivity index (χ2n) is 9.98. The van der Waals surface area contributed by atoms with Crippen LogP contribution in [0.1, 0.15) is 25.0 Å². The Morgan fingerprint density at radius 2 is 1.54 bits per heavy atom. The highest BCUT2D eigenvalue weighted by molar-refractivity contribution is 9.10. The van der Waals surface area contributed by atoms with E-state index >= 15 is 0 Å². The van der Waals surface area contributed by atoms with Crippen LogP contribution in [0.15, 0.2) is 71.2 Å². The van der Waals surface area contributed by atoms with Crippen molar-refractivity contribution in [3.05, 3.63) is 97.4 Å². The third kappa shape index (κ3) is 9.61. The molecule has 2 amide bonds. The Morgan fingerprint density at radius 1 is 0.902 bits per heavy atom. The zero-order valence-corrected chi connectivity index (χ0v) is 27.5. The number of amides is 2. The van der Waals surface area contributed by atoms with Crippen LogP contribution in [0.25, 0.3) is 0 Å². The van der Waals surface area contributed by atoms with Crippen molar-refractivity contribution in [3.63, 3.8) is 0 Å². The van der Waals surface area contributed by atoms with Crippen LogP contribution < -0.4 is 9.62 Å². The Hall–Kier alpha value is -2.30. The number of benzene rings is 3. The predicted octanol–water partition coefficient (Wildman–Crippen LogP) is 6.59. The van der Waals surface area contributed by atoms with E-state index in [2.05, 4.69) is 21.2 Å². The van der Waals surface area contributed by atoms with E-state index < -0.39 is 28.5 Å². The summed E-state index contributed by atoms with van der Waals surface area (Å²) in [5.74, 6) is -0.759. The Bertz CT molecular complexity index is 1490. The molecule has 0 unspecified atom stereocenters. The van der Waals surface area contributed by atoms with Gasteiger partial charge < -0.3 is 10.2 Å². The van der Waals surface area contributed by atoms with E-state index in [0.29, 0.717) is 6.54 Å². The fourth-order valence-corrected chi connectivity index (χ4v) is 6.10. The minimum absolute atomic E-state index is 0.00295. The molecule has 0 saturated heterocycles. The van der Waals surface area contributed by atoms with Crippen LogP contribution >= 0.6 is 50.7 Å². The summed E-state index contributed by atoms with van der Waals surface area (Å²) >= 11 is 22.1. The SMILES string of the molecule is CC(C)CNC(=O)[C@H](Cc1ccccc1)N(Cc1cccc(Br)c1)C(=O)CN(c1cc(Cl)c(Cl)cc1Cl)S(C)(=O)=O. The van der Waals surface area contributed by atoms with Crippen molar-refractivity contribution in [2.45, 2.75) is 32.9 Å². The maximum absolute atomic E-state index is 14.1. The molecule has 0 aliphatic rings. The molecule has 0 radical (unpaired) electrons. The number of carbonyl (C=O) groups is 2. The average Bonchev–Trinajstić information content (AvgIpc) is 2.90. The molecule has 0 saturated carbocycles. The number of rotatable bonds is 12. The van der Waals surface area contributed by atoms with Gasteiger partial charge in [0.05, 0.1) is 27.0 Å². The van der Waals surface area contributed by atoms with E-state index in [9.17, 15) is 18.0 Å². The van der Waals surface area contributed by atoms with Crippen molar-refractivity contribution in [2.24, 2.45) is 5.92 Å². The summed E-state index contributed by atoms with van der Waals surface area (Å²) in [6, 6.07) is 18.4. The smallest absolute Gasteiger partial charge is 0.244 e. The van der Waals surface area contributed by atoms with Crippen LogP contribution in [0.4, 0.5) is 5.69 Å². The van der Waals surface area contributed by atoms with Crippen molar-refractivity contribution >= 4 is 78.3 Å². The molecule has 0 aromatic heterocycles. The quantitative estimate of drug-likeness (QED) is 0.216. The van der Waals surface area contributed by atoms with Gasteiger partial charge in [-0.05, 0) is 41.3 Å². The summed E-state index contributed by atoms with van der Waals surface area (Å²) in [6.45, 7) is 3.80. The molecule has 1 N–H and O–H groups in total. The Balaban J connectivity index is 2.09. The van der Waals surface area contributed by atoms with Crippen molar-refractivity contribution in [1.29, 1.82) is 0 Å². The van der Waals surface area contributed by atoms with Gasteiger partial charge in [-0.2, -0.15) is 0 Å². The van der Waals surface area contributed by atoms with Crippen LogP contribution in [0.2, 0.25) is 15.1 Å². The fourth-order valence-electron chi connectivity index (χ4n) is 4.11. The summed E-state index contributed by atoms with van der Waals surface area (Å²) < 4.78 is 27.6. The first-order valence-electron chi connectivity index (χ1n) is 12.7. The van der Waals surface area contributed by atoms with Gasteiger partial charge in [-0.1, -0.05) is 107 Å². The number of nitrogens with zero attached hydrogens (tertiary/aromatic N) is 2. The van der Waals surface area contributed by atoms with Crippen LogP contribution in [-0.4, -0.2) is 50.5 Å². The first-order valence-corrected chi connectivity index (χ1v) is 16.5. The zero-order valence-electron chi connectivity index (χ0n) is 22.8. The number of anilines is 1. The predicted molar refractivity (Wildman–Crippen MR) is 170 cm³/mol. The van der Waals surface area contributed by atoms with E-state index in [-0.39, 0.29) is 45.5 Å². The third-order valence-electron chi connectivity index (χ3n) is 6.14. The lowest BCUT2D eigenvalue weighted by molar-refractivity contribution is -0.140. The van der Waals surface area contributed by atoms with Crippen molar-refractivity contribution in [1.82, 2.24) is 10.2 Å². The molecule has 41 heavy (non-hydrogen) atoms. The summed E-state index contributed by atoms with van der Waals surface area (Å²) in [5, 5.41) is 3.17. The van der Waals surface area contributed by atoms with Crippen LogP contribution in [0.5, 0.6) is 0 Å². The second-order valence-corrected chi connectivity index (χ2v) is 14.0. The van der Waals surface area contributed by atoms with Gasteiger partial charge in [0.1, 0.15) is 12.6 Å². The minimum atomic E-state index is -4.01. The first-order chi connectivity index (χ1) is 19.3. The summed E-state index contributed by atoms with van der Waals surface area (Å²) in [4.78, 5) is 29.2. The molecule has 3 rings (SSSR count). The lowest BCUT2D eigenvalue weighted by Gasteiger charge is -2.34. The van der Waals surface area contributed by atoms with E-state index in [1.807, 2.05) is 68.4 Å². The highest BCUT2D eigenvalue weighted by Gasteiger charge is 2.33. The molecule has 0 bridgehead atoms. The molecule has 0 spiro atoms. The van der Waals surface area contributed by atoms with Gasteiger partial charge in [0.25, 0.3) is 0 Å². The molecular weight excluding hydrogens is 673 g/mol. The maximum atomic E-state index is 14.1. The summed E-state index contributed by atoms with van der Waals surface area (Å²) in [5.41, 5.74) is 1.60. The van der Waals surface area contributed by atoms with Gasteiger partial charge in [-0.3, -0.25) is 13.9 Å². The topological polar surface area (TPSA) is 86.8 Å². The molecule has 3 aromatic rings. The fraction of sp³-hybridized carbons (Fsp3) is 0.310. The van der Waals surface area contributed by atoms with Crippen LogP contribution in [0, 0.1) is 5.92 Å². The molecule has 1 atom stereocenters. The number of sulfonamides is 1. The standard InChI is InChI=1S/C29H31BrCl3N3O4S/c1-19(2)16-34-29(38)27(13-20-8-5-4-6-9-20)35(17-21-10-7-11-22(30)12-21)28(37)18-36(41(3,39)40)26-15-24(32)23(31)14-25(26)33/h4-12,14-15,19,27H,13,16-18H2,1-3H3,(H,34,38)/t27-/m0/s1. The second kappa shape index (κ2) is 14.7.